The number of nitrogens with zero attached hydrogens (tertiary/aromatic N) is 8. The Kier molecular flexibility index (Phi) is 7.37. The molecule has 44 heavy (non-hydrogen) atoms. The number of imidazole rings is 2. The molecule has 0 amide bonds. The third-order valence-corrected chi connectivity index (χ3v) is 9.65. The van der Waals surface area contributed by atoms with Crippen molar-refractivity contribution in [1.29, 1.82) is 0 Å². The zero-order chi connectivity index (χ0) is 31.0. The summed E-state index contributed by atoms with van der Waals surface area (Å²) in [5.41, 5.74) is 12.1. The number of ether oxygens (including phenoxy) is 2. The highest BCUT2D eigenvalue weighted by molar-refractivity contribution is 8.06. The number of fused-ring (bicyclic) bond motifs is 6. The Morgan fingerprint density at radius 3 is 1.80 bits per heavy atom. The van der Waals surface area contributed by atoms with E-state index < -0.39 is 77.0 Å². The summed E-state index contributed by atoms with van der Waals surface area (Å²) >= 11 is 5.01. The molecule has 7 heterocycles. The topological polar surface area (TPSA) is 258 Å². The summed E-state index contributed by atoms with van der Waals surface area (Å²) in [6.45, 7) is -6.37. The lowest BCUT2D eigenvalue weighted by molar-refractivity contribution is -0.236. The molecule has 24 heteroatoms. The van der Waals surface area contributed by atoms with Crippen LogP contribution >= 0.6 is 14.5 Å². The molecule has 0 aromatic carbocycles. The van der Waals surface area contributed by atoms with E-state index in [1.54, 1.807) is 0 Å². The SMILES string of the molecule is Nc1ncnc2c1ncn2[C@@H]1O[C@@H]2COP([O-])(=S)O[C@@H]3[C@H](F)[C@@H](COP(=O)([O-])O[C@@H]1[C@@H]2F)O[C@H]3n1cnc2c(N)ncnc21. The number of hydrogen-bond acceptors (Lipinski definition) is 18. The third-order valence-electron chi connectivity index (χ3n) is 7.15. The highest BCUT2D eigenvalue weighted by atomic mass is 32.5. The summed E-state index contributed by atoms with van der Waals surface area (Å²) in [6, 6.07) is 0. The van der Waals surface area contributed by atoms with E-state index in [2.05, 4.69) is 29.9 Å². The van der Waals surface area contributed by atoms with Gasteiger partial charge in [0.15, 0.2) is 47.7 Å². The fraction of sp³-hybridized carbons (Fsp3) is 0.500. The van der Waals surface area contributed by atoms with E-state index >= 15 is 8.78 Å². The van der Waals surface area contributed by atoms with Crippen molar-refractivity contribution in [3.63, 3.8) is 0 Å². The van der Waals surface area contributed by atoms with Crippen molar-refractivity contribution in [2.75, 3.05) is 24.7 Å². The van der Waals surface area contributed by atoms with Gasteiger partial charge in [-0.25, -0.2) is 38.7 Å². The van der Waals surface area contributed by atoms with Crippen molar-refractivity contribution in [3.8, 4) is 0 Å². The van der Waals surface area contributed by atoms with Gasteiger partial charge in [0.05, 0.1) is 25.9 Å². The minimum atomic E-state index is -5.39. The van der Waals surface area contributed by atoms with Crippen LogP contribution in [0.5, 0.6) is 0 Å². The Labute approximate surface area is 249 Å². The molecule has 0 saturated carbocycles. The molecule has 4 N–H and O–H groups in total. The van der Waals surface area contributed by atoms with Crippen molar-refractivity contribution in [2.45, 2.75) is 49.2 Å². The monoisotopic (exact) mass is 676 g/mol. The zero-order valence-corrected chi connectivity index (χ0v) is 24.4. The molecule has 19 nitrogen and oxygen atoms in total. The van der Waals surface area contributed by atoms with Crippen LogP contribution in [0.4, 0.5) is 20.4 Å². The number of phosphoric ester groups is 1. The predicted octanol–water partition coefficient (Wildman–Crippen LogP) is -0.828. The quantitative estimate of drug-likeness (QED) is 0.246. The second-order valence-electron chi connectivity index (χ2n) is 9.81. The molecule has 0 aliphatic carbocycles. The average molecular weight is 676 g/mol. The van der Waals surface area contributed by atoms with Crippen molar-refractivity contribution in [2.24, 2.45) is 0 Å². The van der Waals surface area contributed by atoms with Gasteiger partial charge in [0.1, 0.15) is 54.8 Å². The van der Waals surface area contributed by atoms with Crippen LogP contribution in [0, 0.1) is 0 Å². The number of phosphoric acid groups is 1. The van der Waals surface area contributed by atoms with Gasteiger partial charge in [-0.15, -0.1) is 0 Å². The van der Waals surface area contributed by atoms with E-state index in [4.69, 9.17) is 50.8 Å². The van der Waals surface area contributed by atoms with Crippen molar-refractivity contribution >= 4 is 60.3 Å². The molecule has 236 valence electrons. The molecule has 10 atom stereocenters. The minimum Gasteiger partial charge on any atom is -0.780 e. The maximum Gasteiger partial charge on any atom is 0.268 e. The maximum absolute atomic E-state index is 15.8. The third kappa shape index (κ3) is 5.14. The molecule has 4 aromatic rings. The van der Waals surface area contributed by atoms with Gasteiger partial charge in [-0.2, -0.15) is 0 Å². The van der Waals surface area contributed by atoms with E-state index in [0.717, 1.165) is 19.0 Å². The number of nitrogens with two attached hydrogens (primary N) is 2. The lowest BCUT2D eigenvalue weighted by atomic mass is 10.1. The van der Waals surface area contributed by atoms with Gasteiger partial charge in [-0.3, -0.25) is 13.7 Å². The molecule has 2 unspecified atom stereocenters. The number of rotatable bonds is 2. The number of anilines is 2. The smallest absolute Gasteiger partial charge is 0.268 e. The van der Waals surface area contributed by atoms with E-state index in [1.165, 1.54) is 15.5 Å². The zero-order valence-electron chi connectivity index (χ0n) is 21.8. The molecular formula is C20H20F2N10O9P2S-2. The number of hydrogen-bond donors (Lipinski definition) is 2. The summed E-state index contributed by atoms with van der Waals surface area (Å²) in [6.07, 6.45) is -9.67. The fourth-order valence-electron chi connectivity index (χ4n) is 5.13. The van der Waals surface area contributed by atoms with Crippen LogP contribution in [0.3, 0.4) is 0 Å². The maximum atomic E-state index is 15.8. The minimum absolute atomic E-state index is 0.00458. The highest BCUT2D eigenvalue weighted by Gasteiger charge is 2.52. The van der Waals surface area contributed by atoms with Gasteiger partial charge in [0.25, 0.3) is 7.82 Å². The molecule has 7 rings (SSSR count). The summed E-state index contributed by atoms with van der Waals surface area (Å²) in [5.74, 6) is 0.00444. The van der Waals surface area contributed by atoms with E-state index in [-0.39, 0.29) is 34.0 Å². The second kappa shape index (κ2) is 10.9. The van der Waals surface area contributed by atoms with Crippen molar-refractivity contribution < 1.29 is 50.7 Å². The van der Waals surface area contributed by atoms with E-state index in [9.17, 15) is 14.4 Å². The summed E-state index contributed by atoms with van der Waals surface area (Å²) in [4.78, 5) is 50.2. The summed E-state index contributed by atoms with van der Waals surface area (Å²) in [5, 5.41) is 0. The lowest BCUT2D eigenvalue weighted by Crippen LogP contribution is -2.36. The molecule has 4 aromatic heterocycles. The Morgan fingerprint density at radius 1 is 0.795 bits per heavy atom. The molecular weight excluding hydrogens is 656 g/mol. The molecule has 4 bridgehead atoms. The fourth-order valence-corrected chi connectivity index (χ4v) is 7.43. The first-order chi connectivity index (χ1) is 20.9. The Bertz CT molecular complexity index is 1710. The molecule has 3 fully saturated rings. The summed E-state index contributed by atoms with van der Waals surface area (Å²) < 4.78 is 79.1. The number of halogens is 2. The highest BCUT2D eigenvalue weighted by Crippen LogP contribution is 2.52. The average Bonchev–Trinajstić information content (AvgIpc) is 3.73. The van der Waals surface area contributed by atoms with Gasteiger partial charge in [0, 0.05) is 0 Å². The number of aromatic nitrogens is 8. The van der Waals surface area contributed by atoms with Gasteiger partial charge < -0.3 is 48.8 Å². The Hall–Kier alpha value is -2.88. The van der Waals surface area contributed by atoms with Crippen molar-refractivity contribution in [3.05, 3.63) is 25.3 Å². The number of alkyl halides is 2. The van der Waals surface area contributed by atoms with E-state index in [1.807, 2.05) is 0 Å². The molecule has 3 aliphatic rings. The van der Waals surface area contributed by atoms with Gasteiger partial charge in [-0.1, -0.05) is 11.8 Å². The lowest BCUT2D eigenvalue weighted by Gasteiger charge is -2.34. The number of nitrogen functional groups attached to an aromatic ring is 2. The van der Waals surface area contributed by atoms with Crippen LogP contribution in [0.1, 0.15) is 12.5 Å². The van der Waals surface area contributed by atoms with Gasteiger partial charge in [0.2, 0.25) is 0 Å². The van der Waals surface area contributed by atoms with Crippen LogP contribution < -0.4 is 21.3 Å². The van der Waals surface area contributed by atoms with Crippen LogP contribution in [-0.2, 0) is 43.9 Å². The largest absolute Gasteiger partial charge is 0.780 e. The standard InChI is InChI=1S/C20H22F2N10O9P2S/c21-9-8-2-37-43(35,44)41-14-10(22)7(38-20(14)32-6-30-12-16(24)26-4-28-18(12)32)1-36-42(33,34)40-13(9)19(39-8)31-5-29-11-15(23)25-3-27-17(11)31/h3-10,13-14,19-20H,1-2H2,(H,33,34)(H,35,44)(H2,23,25,27)(H2,24,26,28)/p-2/t7-,8-,9-,10-,13-,14-,19-,20-,43?/m1/s1. The first-order valence-corrected chi connectivity index (χ1v) is 16.7. The van der Waals surface area contributed by atoms with Gasteiger partial charge >= 0.3 is 0 Å². The molecule has 3 aliphatic heterocycles. The molecule has 0 radical (unpaired) electrons. The Morgan fingerprint density at radius 2 is 1.27 bits per heavy atom. The second-order valence-corrected chi connectivity index (χ2v) is 13.9. The normalized spacial score (nSPS) is 38.3. The summed E-state index contributed by atoms with van der Waals surface area (Å²) in [7, 11) is -5.39. The van der Waals surface area contributed by atoms with Crippen LogP contribution in [0.15, 0.2) is 25.3 Å². The van der Waals surface area contributed by atoms with Crippen molar-refractivity contribution in [1.82, 2.24) is 39.0 Å². The van der Waals surface area contributed by atoms with Crippen LogP contribution in [0.2, 0.25) is 0 Å². The Balaban J connectivity index is 1.22. The van der Waals surface area contributed by atoms with Crippen LogP contribution in [-0.4, -0.2) is 89.0 Å². The van der Waals surface area contributed by atoms with E-state index in [0.29, 0.717) is 0 Å². The molecule has 0 spiro atoms. The first kappa shape index (κ1) is 29.8. The predicted molar refractivity (Wildman–Crippen MR) is 141 cm³/mol. The van der Waals surface area contributed by atoms with Gasteiger partial charge in [-0.05, 0) is 0 Å². The first-order valence-electron chi connectivity index (χ1n) is 12.7. The van der Waals surface area contributed by atoms with Crippen LogP contribution in [0.25, 0.3) is 22.3 Å². The molecule has 3 saturated heterocycles.